The van der Waals surface area contributed by atoms with Gasteiger partial charge in [0.1, 0.15) is 6.04 Å². The van der Waals surface area contributed by atoms with Gasteiger partial charge in [-0.25, -0.2) is 9.59 Å². The number of carbonyl (C=O) groups excluding carboxylic acids is 1. The van der Waals surface area contributed by atoms with E-state index in [0.29, 0.717) is 11.8 Å². The van der Waals surface area contributed by atoms with E-state index in [0.717, 1.165) is 0 Å². The Balaban J connectivity index is 4.29. The summed E-state index contributed by atoms with van der Waals surface area (Å²) in [6.45, 7) is 7.83. The van der Waals surface area contributed by atoms with E-state index in [9.17, 15) is 9.59 Å². The summed E-state index contributed by atoms with van der Waals surface area (Å²) in [6, 6.07) is -1.33. The first kappa shape index (κ1) is 16.1. The third-order valence-corrected chi connectivity index (χ3v) is 3.31. The Morgan fingerprint density at radius 3 is 2.24 bits per heavy atom. The van der Waals surface area contributed by atoms with E-state index >= 15 is 0 Å². The van der Waals surface area contributed by atoms with Crippen molar-refractivity contribution < 1.29 is 14.7 Å². The topological polar surface area (TPSA) is 78.4 Å². The van der Waals surface area contributed by atoms with E-state index in [1.165, 1.54) is 0 Å². The molecular formula is C11H22N2O3S. The fourth-order valence-electron chi connectivity index (χ4n) is 1.15. The molecule has 0 aromatic carbocycles. The molecule has 0 saturated heterocycles. The number of carbonyl (C=O) groups is 2. The maximum Gasteiger partial charge on any atom is 0.326 e. The number of hydrogen-bond acceptors (Lipinski definition) is 3. The van der Waals surface area contributed by atoms with E-state index in [1.807, 2.05) is 13.2 Å². The van der Waals surface area contributed by atoms with Crippen LogP contribution in [-0.2, 0) is 4.79 Å². The second kappa shape index (κ2) is 6.74. The van der Waals surface area contributed by atoms with Crippen molar-refractivity contribution in [1.82, 2.24) is 10.6 Å². The van der Waals surface area contributed by atoms with Crippen LogP contribution in [-0.4, -0.2) is 41.2 Å². The van der Waals surface area contributed by atoms with Crippen LogP contribution in [0.15, 0.2) is 0 Å². The third kappa shape index (κ3) is 6.41. The Morgan fingerprint density at radius 2 is 1.88 bits per heavy atom. The first-order valence-corrected chi connectivity index (χ1v) is 6.77. The van der Waals surface area contributed by atoms with Crippen molar-refractivity contribution in [3.05, 3.63) is 0 Å². The minimum absolute atomic E-state index is 0.304. The average molecular weight is 262 g/mol. The van der Waals surface area contributed by atoms with Crippen molar-refractivity contribution in [2.45, 2.75) is 39.0 Å². The Hall–Kier alpha value is -0.910. The minimum atomic E-state index is -1.02. The molecular weight excluding hydrogens is 240 g/mol. The van der Waals surface area contributed by atoms with Gasteiger partial charge in [-0.3, -0.25) is 0 Å². The molecule has 0 bridgehead atoms. The lowest BCUT2D eigenvalue weighted by molar-refractivity contribution is -0.141. The predicted octanol–water partition coefficient (Wildman–Crippen LogP) is 1.54. The van der Waals surface area contributed by atoms with Gasteiger partial charge in [0.25, 0.3) is 0 Å². The molecule has 0 heterocycles. The van der Waals surface area contributed by atoms with Crippen LogP contribution in [0.3, 0.4) is 0 Å². The Labute approximate surface area is 107 Å². The van der Waals surface area contributed by atoms with Crippen LogP contribution in [0.1, 0.15) is 27.7 Å². The van der Waals surface area contributed by atoms with Gasteiger partial charge in [-0.1, -0.05) is 27.7 Å². The summed E-state index contributed by atoms with van der Waals surface area (Å²) in [7, 11) is 0. The van der Waals surface area contributed by atoms with Crippen LogP contribution in [0.25, 0.3) is 0 Å². The van der Waals surface area contributed by atoms with Gasteiger partial charge in [0.15, 0.2) is 0 Å². The van der Waals surface area contributed by atoms with Gasteiger partial charge in [-0.15, -0.1) is 0 Å². The Morgan fingerprint density at radius 1 is 1.35 bits per heavy atom. The predicted molar refractivity (Wildman–Crippen MR) is 70.4 cm³/mol. The van der Waals surface area contributed by atoms with Crippen LogP contribution >= 0.6 is 11.8 Å². The first-order valence-electron chi connectivity index (χ1n) is 5.48. The first-order chi connectivity index (χ1) is 7.68. The lowest BCUT2D eigenvalue weighted by Crippen LogP contribution is -2.52. The zero-order valence-electron chi connectivity index (χ0n) is 11.0. The zero-order chi connectivity index (χ0) is 13.6. The lowest BCUT2D eigenvalue weighted by Gasteiger charge is -2.27. The highest BCUT2D eigenvalue weighted by molar-refractivity contribution is 7.99. The van der Waals surface area contributed by atoms with Gasteiger partial charge in [-0.2, -0.15) is 11.8 Å². The molecule has 5 nitrogen and oxygen atoms in total. The fraction of sp³-hybridized carbons (Fsp3) is 0.818. The van der Waals surface area contributed by atoms with Gasteiger partial charge in [0, 0.05) is 11.8 Å². The van der Waals surface area contributed by atoms with Crippen molar-refractivity contribution in [2.75, 3.05) is 12.8 Å². The molecule has 2 amide bonds. The molecule has 0 spiro atoms. The molecule has 6 heteroatoms. The summed E-state index contributed by atoms with van der Waals surface area (Å²) in [5.41, 5.74) is -0.520. The molecule has 0 aromatic heterocycles. The van der Waals surface area contributed by atoms with E-state index in [2.05, 4.69) is 10.6 Å². The summed E-state index contributed by atoms with van der Waals surface area (Å²) in [6.07, 6.45) is 1.96. The number of carboxylic acid groups (broad SMARTS) is 1. The largest absolute Gasteiger partial charge is 0.480 e. The monoisotopic (exact) mass is 262 g/mol. The number of hydrogen-bond donors (Lipinski definition) is 3. The van der Waals surface area contributed by atoms with Crippen LogP contribution in [0, 0.1) is 5.41 Å². The number of nitrogens with one attached hydrogen (secondary N) is 2. The Bertz CT molecular complexity index is 276. The number of thioether (sulfide) groups is 1. The molecule has 1 unspecified atom stereocenters. The second-order valence-electron chi connectivity index (χ2n) is 5.04. The summed E-state index contributed by atoms with van der Waals surface area (Å²) in [5.74, 6) is -1.02. The van der Waals surface area contributed by atoms with Crippen molar-refractivity contribution in [3.8, 4) is 0 Å². The van der Waals surface area contributed by atoms with E-state index < -0.39 is 23.5 Å². The van der Waals surface area contributed by atoms with E-state index in [1.54, 1.807) is 32.5 Å². The lowest BCUT2D eigenvalue weighted by atomic mass is 9.87. The minimum Gasteiger partial charge on any atom is -0.480 e. The molecule has 0 saturated carbocycles. The molecule has 0 aliphatic heterocycles. The smallest absolute Gasteiger partial charge is 0.326 e. The maximum atomic E-state index is 11.5. The van der Waals surface area contributed by atoms with E-state index in [4.69, 9.17) is 5.11 Å². The highest BCUT2D eigenvalue weighted by atomic mass is 32.2. The third-order valence-electron chi connectivity index (χ3n) is 2.34. The van der Waals surface area contributed by atoms with Crippen LogP contribution < -0.4 is 10.6 Å². The van der Waals surface area contributed by atoms with Gasteiger partial charge >= 0.3 is 12.0 Å². The number of carboxylic acids is 1. The molecule has 100 valence electrons. The molecule has 3 N–H and O–H groups in total. The van der Waals surface area contributed by atoms with Gasteiger partial charge < -0.3 is 15.7 Å². The van der Waals surface area contributed by atoms with Gasteiger partial charge in [0.2, 0.25) is 0 Å². The molecule has 0 radical (unpaired) electrons. The van der Waals surface area contributed by atoms with Gasteiger partial charge in [0.05, 0.1) is 0 Å². The van der Waals surface area contributed by atoms with Crippen molar-refractivity contribution in [1.29, 1.82) is 0 Å². The molecule has 0 rings (SSSR count). The zero-order valence-corrected chi connectivity index (χ0v) is 11.9. The summed E-state index contributed by atoms with van der Waals surface area (Å²) in [4.78, 5) is 22.6. The van der Waals surface area contributed by atoms with Crippen LogP contribution in [0.2, 0.25) is 0 Å². The number of urea groups is 1. The summed E-state index contributed by atoms with van der Waals surface area (Å²) in [5, 5.41) is 14.5. The maximum absolute atomic E-state index is 11.5. The van der Waals surface area contributed by atoms with Gasteiger partial charge in [-0.05, 0) is 11.7 Å². The summed E-state index contributed by atoms with van der Waals surface area (Å²) >= 11 is 1.64. The fourth-order valence-corrected chi connectivity index (χ4v) is 1.40. The molecule has 0 fully saturated rings. The normalized spacial score (nSPS) is 14.9. The van der Waals surface area contributed by atoms with Crippen molar-refractivity contribution in [3.63, 3.8) is 0 Å². The standard InChI is InChI=1S/C11H22N2O3S/c1-7(17-5)6-12-10(16)13-8(9(14)15)11(2,3)4/h7-8H,6H2,1-5H3,(H,14,15)(H2,12,13,16)/t7?,8-/m1/s1. The highest BCUT2D eigenvalue weighted by Crippen LogP contribution is 2.19. The molecule has 0 aliphatic carbocycles. The highest BCUT2D eigenvalue weighted by Gasteiger charge is 2.32. The quantitative estimate of drug-likeness (QED) is 0.702. The molecule has 0 aliphatic rings. The number of amides is 2. The molecule has 2 atom stereocenters. The average Bonchev–Trinajstić information content (AvgIpc) is 2.20. The Kier molecular flexibility index (Phi) is 6.37. The number of aliphatic carboxylic acids is 1. The van der Waals surface area contributed by atoms with E-state index in [-0.39, 0.29) is 0 Å². The molecule has 17 heavy (non-hydrogen) atoms. The number of rotatable bonds is 5. The van der Waals surface area contributed by atoms with Crippen LogP contribution in [0.5, 0.6) is 0 Å². The second-order valence-corrected chi connectivity index (χ2v) is 6.31. The summed E-state index contributed by atoms with van der Waals surface area (Å²) < 4.78 is 0. The van der Waals surface area contributed by atoms with Crippen LogP contribution in [0.4, 0.5) is 4.79 Å². The SMILES string of the molecule is CSC(C)CNC(=O)N[C@H](C(=O)O)C(C)(C)C. The molecule has 0 aromatic rings. The van der Waals surface area contributed by atoms with Crippen molar-refractivity contribution >= 4 is 23.8 Å². The van der Waals surface area contributed by atoms with Crippen molar-refractivity contribution in [2.24, 2.45) is 5.41 Å².